The minimum absolute atomic E-state index is 0. The van der Waals surface area contributed by atoms with Crippen LogP contribution in [0.1, 0.15) is 12.8 Å². The second-order valence-corrected chi connectivity index (χ2v) is 12.8. The van der Waals surface area contributed by atoms with Crippen molar-refractivity contribution < 1.29 is 24.5 Å². The van der Waals surface area contributed by atoms with Gasteiger partial charge < -0.3 is 34.5 Å². The van der Waals surface area contributed by atoms with Gasteiger partial charge in [0.2, 0.25) is 0 Å². The van der Waals surface area contributed by atoms with Gasteiger partial charge in [0, 0.05) is 101 Å². The van der Waals surface area contributed by atoms with Crippen molar-refractivity contribution in [1.29, 1.82) is 0 Å². The third-order valence-electron chi connectivity index (χ3n) is 8.74. The zero-order chi connectivity index (χ0) is 31.1. The standard InChI is InChI=1S/2C16H22ClN3O2.2ClH.H2O/c2*1-18-12-15(22-16(18)21)5-6-19-7-9-20(10-8-19)14-4-2-3-13(17)11-14;;;/h2*2-4,11,15H,5-10,12H2,1H3;2*1H;1H2. The molecule has 4 fully saturated rings. The number of anilines is 2. The van der Waals surface area contributed by atoms with E-state index in [0.717, 1.165) is 88.3 Å². The summed E-state index contributed by atoms with van der Waals surface area (Å²) in [6.07, 6.45) is 1.51. The third-order valence-corrected chi connectivity index (χ3v) is 9.21. The van der Waals surface area contributed by atoms with E-state index in [2.05, 4.69) is 31.7 Å². The lowest BCUT2D eigenvalue weighted by molar-refractivity contribution is 0.120. The van der Waals surface area contributed by atoms with Crippen molar-refractivity contribution in [3.05, 3.63) is 58.6 Å². The van der Waals surface area contributed by atoms with Crippen molar-refractivity contribution in [2.24, 2.45) is 0 Å². The quantitative estimate of drug-likeness (QED) is 0.387. The number of hydrogen-bond donors (Lipinski definition) is 0. The lowest BCUT2D eigenvalue weighted by Gasteiger charge is -2.36. The normalized spacial score (nSPS) is 21.5. The maximum Gasteiger partial charge on any atom is 0.409 e. The minimum atomic E-state index is -0.198. The summed E-state index contributed by atoms with van der Waals surface area (Å²) in [5, 5.41) is 1.57. The van der Waals surface area contributed by atoms with Gasteiger partial charge in [0.05, 0.1) is 13.1 Å². The maximum atomic E-state index is 11.3. The molecule has 2 atom stereocenters. The van der Waals surface area contributed by atoms with Crippen molar-refractivity contribution >= 4 is 71.6 Å². The van der Waals surface area contributed by atoms with E-state index >= 15 is 0 Å². The Hall–Kier alpha value is -2.38. The fourth-order valence-electron chi connectivity index (χ4n) is 6.06. The molecule has 11 nitrogen and oxygen atoms in total. The first kappa shape index (κ1) is 40.8. The van der Waals surface area contributed by atoms with E-state index < -0.39 is 0 Å². The first-order valence-corrected chi connectivity index (χ1v) is 16.3. The maximum absolute atomic E-state index is 11.3. The Morgan fingerprint density at radius 1 is 0.638 bits per heavy atom. The number of halogens is 4. The molecule has 0 bridgehead atoms. The predicted molar refractivity (Wildman–Crippen MR) is 193 cm³/mol. The molecule has 0 saturated carbocycles. The van der Waals surface area contributed by atoms with Crippen LogP contribution in [0, 0.1) is 0 Å². The highest BCUT2D eigenvalue weighted by atomic mass is 35.5. The van der Waals surface area contributed by atoms with Crippen molar-refractivity contribution in [2.45, 2.75) is 25.0 Å². The van der Waals surface area contributed by atoms with Gasteiger partial charge in [0.15, 0.2) is 0 Å². The lowest BCUT2D eigenvalue weighted by Crippen LogP contribution is -2.47. The second kappa shape index (κ2) is 19.6. The van der Waals surface area contributed by atoms with Crippen molar-refractivity contribution in [3.8, 4) is 0 Å². The fraction of sp³-hybridized carbons (Fsp3) is 0.562. The van der Waals surface area contributed by atoms with Gasteiger partial charge in [-0.15, -0.1) is 24.8 Å². The van der Waals surface area contributed by atoms with Crippen LogP contribution in [0.5, 0.6) is 0 Å². The van der Waals surface area contributed by atoms with Crippen molar-refractivity contribution in [3.63, 3.8) is 0 Å². The van der Waals surface area contributed by atoms with Gasteiger partial charge in [-0.25, -0.2) is 9.59 Å². The SMILES string of the molecule is CN1CC(CCN2CCN(c3cccc(Cl)c3)CC2)OC1=O.CN1CC(CCN2CCN(c3cccc(Cl)c3)CC2)OC1=O.Cl.Cl.O. The zero-order valence-corrected chi connectivity index (χ0v) is 30.2. The van der Waals surface area contributed by atoms with Crippen LogP contribution in [0.2, 0.25) is 10.0 Å². The molecule has 2 unspecified atom stereocenters. The monoisotopic (exact) mass is 736 g/mol. The van der Waals surface area contributed by atoms with Crippen molar-refractivity contribution in [2.75, 3.05) is 102 Å². The summed E-state index contributed by atoms with van der Waals surface area (Å²) in [7, 11) is 3.57. The van der Waals surface area contributed by atoms with Crippen LogP contribution in [0.25, 0.3) is 0 Å². The summed E-state index contributed by atoms with van der Waals surface area (Å²) in [6.45, 7) is 11.5. The number of cyclic esters (lactones) is 2. The number of piperazine rings is 2. The van der Waals surface area contributed by atoms with Crippen LogP contribution in [0.3, 0.4) is 0 Å². The fourth-order valence-corrected chi connectivity index (χ4v) is 6.43. The molecule has 0 spiro atoms. The third kappa shape index (κ3) is 11.9. The van der Waals surface area contributed by atoms with E-state index in [9.17, 15) is 9.59 Å². The lowest BCUT2D eigenvalue weighted by atomic mass is 10.2. The molecule has 47 heavy (non-hydrogen) atoms. The summed E-state index contributed by atoms with van der Waals surface area (Å²) >= 11 is 12.1. The predicted octanol–water partition coefficient (Wildman–Crippen LogP) is 4.62. The number of nitrogens with zero attached hydrogens (tertiary/aromatic N) is 6. The summed E-state index contributed by atoms with van der Waals surface area (Å²) in [5.74, 6) is 0. The Balaban J connectivity index is 0.000000307. The number of likely N-dealkylation sites (N-methyl/N-ethyl adjacent to an activating group) is 2. The Bertz CT molecular complexity index is 1170. The molecule has 0 aliphatic carbocycles. The Morgan fingerprint density at radius 3 is 1.30 bits per heavy atom. The summed E-state index contributed by atoms with van der Waals surface area (Å²) < 4.78 is 10.6. The zero-order valence-electron chi connectivity index (χ0n) is 27.1. The summed E-state index contributed by atoms with van der Waals surface area (Å²) in [4.78, 5) is 35.6. The molecule has 4 aliphatic rings. The average molecular weight is 739 g/mol. The van der Waals surface area contributed by atoms with E-state index in [-0.39, 0.29) is 54.7 Å². The first-order chi connectivity index (χ1) is 21.2. The molecule has 4 aliphatic heterocycles. The molecular weight excluding hydrogens is 690 g/mol. The van der Waals surface area contributed by atoms with Crippen LogP contribution in [0.15, 0.2) is 48.5 Å². The second-order valence-electron chi connectivity index (χ2n) is 12.0. The number of carbonyl (C=O) groups excluding carboxylic acids is 2. The van der Waals surface area contributed by atoms with E-state index in [1.165, 1.54) is 11.4 Å². The van der Waals surface area contributed by atoms with Crippen LogP contribution < -0.4 is 9.80 Å². The molecule has 264 valence electrons. The largest absolute Gasteiger partial charge is 0.444 e. The average Bonchev–Trinajstić information content (AvgIpc) is 3.53. The Kier molecular flexibility index (Phi) is 17.0. The molecule has 2 amide bonds. The highest BCUT2D eigenvalue weighted by Crippen LogP contribution is 2.23. The van der Waals surface area contributed by atoms with Crippen LogP contribution >= 0.6 is 48.0 Å². The van der Waals surface area contributed by atoms with Gasteiger partial charge in [-0.05, 0) is 49.2 Å². The van der Waals surface area contributed by atoms with E-state index in [4.69, 9.17) is 32.7 Å². The number of hydrogen-bond acceptors (Lipinski definition) is 8. The molecular formula is C32H48Cl4N6O5. The molecule has 6 rings (SSSR count). The molecule has 0 radical (unpaired) electrons. The molecule has 0 aromatic heterocycles. The highest BCUT2D eigenvalue weighted by molar-refractivity contribution is 6.31. The molecule has 2 aromatic carbocycles. The highest BCUT2D eigenvalue weighted by Gasteiger charge is 2.30. The number of benzene rings is 2. The van der Waals surface area contributed by atoms with Gasteiger partial charge in [-0.2, -0.15) is 0 Å². The smallest absolute Gasteiger partial charge is 0.409 e. The summed E-state index contributed by atoms with van der Waals surface area (Å²) in [6, 6.07) is 16.0. The number of carbonyl (C=O) groups is 2. The molecule has 4 heterocycles. The Morgan fingerprint density at radius 2 is 1.00 bits per heavy atom. The van der Waals surface area contributed by atoms with Crippen LogP contribution in [-0.4, -0.2) is 142 Å². The molecule has 2 aromatic rings. The number of rotatable bonds is 8. The van der Waals surface area contributed by atoms with Gasteiger partial charge in [0.1, 0.15) is 12.2 Å². The molecule has 4 saturated heterocycles. The van der Waals surface area contributed by atoms with Gasteiger partial charge in [0.25, 0.3) is 0 Å². The van der Waals surface area contributed by atoms with Crippen LogP contribution in [0.4, 0.5) is 21.0 Å². The van der Waals surface area contributed by atoms with Gasteiger partial charge in [-0.3, -0.25) is 9.80 Å². The number of ether oxygens (including phenoxy) is 2. The van der Waals surface area contributed by atoms with Crippen molar-refractivity contribution in [1.82, 2.24) is 19.6 Å². The van der Waals surface area contributed by atoms with Gasteiger partial charge >= 0.3 is 12.2 Å². The molecule has 15 heteroatoms. The molecule has 2 N–H and O–H groups in total. The topological polar surface area (TPSA) is 104 Å². The Labute approximate surface area is 300 Å². The van der Waals surface area contributed by atoms with E-state index in [0.29, 0.717) is 13.1 Å². The van der Waals surface area contributed by atoms with E-state index in [1.54, 1.807) is 23.9 Å². The van der Waals surface area contributed by atoms with Gasteiger partial charge in [-0.1, -0.05) is 35.3 Å². The van der Waals surface area contributed by atoms with Crippen LogP contribution in [-0.2, 0) is 9.47 Å². The first-order valence-electron chi connectivity index (χ1n) is 15.5. The number of amides is 2. The van der Waals surface area contributed by atoms with E-state index in [1.807, 2.05) is 36.4 Å². The summed E-state index contributed by atoms with van der Waals surface area (Å²) in [5.41, 5.74) is 2.39. The minimum Gasteiger partial charge on any atom is -0.444 e.